The summed E-state index contributed by atoms with van der Waals surface area (Å²) in [5.74, 6) is 0.924. The Morgan fingerprint density at radius 2 is 1.62 bits per heavy atom. The number of hydrogen-bond acceptors (Lipinski definition) is 4. The van der Waals surface area contributed by atoms with Gasteiger partial charge in [0.2, 0.25) is 0 Å². The van der Waals surface area contributed by atoms with E-state index in [2.05, 4.69) is 108 Å². The van der Waals surface area contributed by atoms with E-state index in [4.69, 9.17) is 21.9 Å². The van der Waals surface area contributed by atoms with Gasteiger partial charge in [-0.25, -0.2) is 0 Å². The van der Waals surface area contributed by atoms with Gasteiger partial charge in [-0.2, -0.15) is 0 Å². The van der Waals surface area contributed by atoms with Crippen molar-refractivity contribution in [2.45, 2.75) is 71.6 Å². The minimum Gasteiger partial charge on any atom is -0.490 e. The lowest BCUT2D eigenvalue weighted by atomic mass is 9.96. The molecule has 7 heteroatoms. The fourth-order valence-corrected chi connectivity index (χ4v) is 7.06. The highest BCUT2D eigenvalue weighted by Crippen LogP contribution is 2.44. The van der Waals surface area contributed by atoms with Crippen molar-refractivity contribution >= 4 is 28.7 Å². The van der Waals surface area contributed by atoms with Crippen molar-refractivity contribution in [2.75, 3.05) is 22.9 Å². The molecular formula is C35H41N5OS. The Labute approximate surface area is 255 Å². The average Bonchev–Trinajstić information content (AvgIpc) is 3.72. The summed E-state index contributed by atoms with van der Waals surface area (Å²) in [5.41, 5.74) is 8.05. The second-order valence-corrected chi connectivity index (χ2v) is 11.8. The number of hydrogen-bond donors (Lipinski definition) is 1. The molecule has 6 rings (SSSR count). The third-order valence-electron chi connectivity index (χ3n) is 8.84. The van der Waals surface area contributed by atoms with E-state index in [1.54, 1.807) is 0 Å². The number of ether oxygens (including phenoxy) is 1. The maximum absolute atomic E-state index is 6.26. The fraction of sp³-hybridized carbons (Fsp3) is 0.371. The Balaban J connectivity index is 1.38. The Kier molecular flexibility index (Phi) is 8.20. The summed E-state index contributed by atoms with van der Waals surface area (Å²) in [5, 5.41) is 4.32. The van der Waals surface area contributed by atoms with Crippen LogP contribution in [0, 0.1) is 13.8 Å². The molecule has 2 aromatic heterocycles. The minimum atomic E-state index is -0.0906. The summed E-state index contributed by atoms with van der Waals surface area (Å²) in [4.78, 5) is 9.37. The van der Waals surface area contributed by atoms with Gasteiger partial charge >= 0.3 is 0 Å². The number of aromatic nitrogens is 2. The van der Waals surface area contributed by atoms with E-state index in [0.717, 1.165) is 48.7 Å². The van der Waals surface area contributed by atoms with Crippen LogP contribution in [0.4, 0.5) is 11.4 Å². The maximum atomic E-state index is 6.26. The van der Waals surface area contributed by atoms with Gasteiger partial charge in [0.05, 0.1) is 23.9 Å². The second-order valence-electron chi connectivity index (χ2n) is 11.4. The van der Waals surface area contributed by atoms with E-state index in [0.29, 0.717) is 11.2 Å². The molecule has 1 saturated carbocycles. The topological polar surface area (TPSA) is 45.6 Å². The molecule has 0 spiro atoms. The van der Waals surface area contributed by atoms with Crippen LogP contribution in [0.1, 0.15) is 74.3 Å². The van der Waals surface area contributed by atoms with Crippen LogP contribution in [-0.2, 0) is 0 Å². The van der Waals surface area contributed by atoms with Gasteiger partial charge in [-0.15, -0.1) is 0 Å². The first kappa shape index (κ1) is 28.3. The number of anilines is 2. The number of aryl methyl sites for hydroxylation is 1. The van der Waals surface area contributed by atoms with E-state index in [9.17, 15) is 0 Å². The lowest BCUT2D eigenvalue weighted by molar-refractivity contribution is 0.210. The summed E-state index contributed by atoms with van der Waals surface area (Å²) in [6.45, 7) is 10.8. The lowest BCUT2D eigenvalue weighted by Crippen LogP contribution is -2.29. The van der Waals surface area contributed by atoms with Crippen molar-refractivity contribution in [1.29, 1.82) is 0 Å². The molecule has 0 bridgehead atoms. The molecule has 2 aliphatic rings. The van der Waals surface area contributed by atoms with Crippen LogP contribution in [0.25, 0.3) is 5.69 Å². The highest BCUT2D eigenvalue weighted by Gasteiger charge is 2.42. The van der Waals surface area contributed by atoms with Crippen LogP contribution >= 0.6 is 12.2 Å². The van der Waals surface area contributed by atoms with Crippen molar-refractivity contribution < 1.29 is 4.74 Å². The molecule has 2 fully saturated rings. The van der Waals surface area contributed by atoms with Crippen molar-refractivity contribution in [3.8, 4) is 11.4 Å². The third kappa shape index (κ3) is 5.38. The largest absolute Gasteiger partial charge is 0.490 e. The first-order valence-electron chi connectivity index (χ1n) is 15.3. The van der Waals surface area contributed by atoms with Crippen LogP contribution in [0.3, 0.4) is 0 Å². The van der Waals surface area contributed by atoms with Crippen LogP contribution in [0.2, 0.25) is 0 Å². The molecule has 4 aromatic rings. The molecule has 1 aliphatic heterocycles. The molecule has 6 nitrogen and oxygen atoms in total. The van der Waals surface area contributed by atoms with E-state index >= 15 is 0 Å². The predicted molar refractivity (Wildman–Crippen MR) is 176 cm³/mol. The first-order chi connectivity index (χ1) is 20.5. The summed E-state index contributed by atoms with van der Waals surface area (Å²) < 4.78 is 8.62. The summed E-state index contributed by atoms with van der Waals surface area (Å²) in [6, 6.07) is 25.6. The molecule has 2 atom stereocenters. The lowest BCUT2D eigenvalue weighted by Gasteiger charge is -2.28. The van der Waals surface area contributed by atoms with Gasteiger partial charge in [-0.1, -0.05) is 6.07 Å². The molecule has 42 heavy (non-hydrogen) atoms. The molecule has 0 radical (unpaired) electrons. The number of benzene rings is 2. The molecule has 1 N–H and O–H groups in total. The number of nitrogens with one attached hydrogen (secondary N) is 1. The van der Waals surface area contributed by atoms with Crippen molar-refractivity contribution in [3.63, 3.8) is 0 Å². The fourth-order valence-electron chi connectivity index (χ4n) is 6.72. The van der Waals surface area contributed by atoms with Gasteiger partial charge in [0.15, 0.2) is 5.11 Å². The predicted octanol–water partition coefficient (Wildman–Crippen LogP) is 7.83. The smallest absolute Gasteiger partial charge is 0.174 e. The van der Waals surface area contributed by atoms with Crippen LogP contribution in [0.5, 0.6) is 5.75 Å². The third-order valence-corrected chi connectivity index (χ3v) is 9.16. The maximum Gasteiger partial charge on any atom is 0.174 e. The van der Waals surface area contributed by atoms with Gasteiger partial charge in [-0.05, 0) is 138 Å². The highest BCUT2D eigenvalue weighted by atomic mass is 32.1. The standard InChI is InChI=1S/C35H41N5OS/c1-5-38(6-2)26-14-16-27(17-15-26)39-24(3)23-31(25(39)4)34-33(32-13-9-10-22-36-32)37-35(42)40(34)28-18-20-30(21-19-28)41-29-11-7-8-12-29/h9-10,13-23,29,33-34H,5-8,11-12H2,1-4H3,(H,37,42)/t33-,34-/m1/s1. The van der Waals surface area contributed by atoms with Crippen LogP contribution in [-0.4, -0.2) is 33.9 Å². The molecule has 0 unspecified atom stereocenters. The first-order valence-corrected chi connectivity index (χ1v) is 15.7. The summed E-state index contributed by atoms with van der Waals surface area (Å²) in [7, 11) is 0. The van der Waals surface area contributed by atoms with Gasteiger partial charge < -0.3 is 24.4 Å². The van der Waals surface area contributed by atoms with Gasteiger partial charge in [0.25, 0.3) is 0 Å². The van der Waals surface area contributed by atoms with Crippen molar-refractivity contribution in [2.24, 2.45) is 0 Å². The summed E-state index contributed by atoms with van der Waals surface area (Å²) in [6.07, 6.45) is 6.98. The van der Waals surface area contributed by atoms with Gasteiger partial charge in [0, 0.05) is 47.7 Å². The van der Waals surface area contributed by atoms with Crippen molar-refractivity contribution in [1.82, 2.24) is 14.9 Å². The van der Waals surface area contributed by atoms with Gasteiger partial charge in [0.1, 0.15) is 5.75 Å². The van der Waals surface area contributed by atoms with E-state index in [-0.39, 0.29) is 12.1 Å². The zero-order valence-corrected chi connectivity index (χ0v) is 25.9. The van der Waals surface area contributed by atoms with E-state index in [1.165, 1.54) is 35.5 Å². The monoisotopic (exact) mass is 579 g/mol. The number of pyridine rings is 1. The number of rotatable bonds is 9. The molecular weight excluding hydrogens is 538 g/mol. The van der Waals surface area contributed by atoms with E-state index < -0.39 is 0 Å². The second kappa shape index (κ2) is 12.2. The normalized spacial score (nSPS) is 18.9. The number of thiocarbonyl (C=S) groups is 1. The molecule has 218 valence electrons. The number of nitrogens with zero attached hydrogens (tertiary/aromatic N) is 4. The molecule has 0 amide bonds. The van der Waals surface area contributed by atoms with Crippen LogP contribution in [0.15, 0.2) is 79.0 Å². The molecule has 1 aliphatic carbocycles. The zero-order valence-electron chi connectivity index (χ0n) is 25.1. The summed E-state index contributed by atoms with van der Waals surface area (Å²) >= 11 is 6.01. The zero-order chi connectivity index (χ0) is 29.2. The molecule has 3 heterocycles. The van der Waals surface area contributed by atoms with Crippen molar-refractivity contribution in [3.05, 3.63) is 102 Å². The Bertz CT molecular complexity index is 1510. The SMILES string of the molecule is CCN(CC)c1ccc(-n2c(C)cc([C@@H]3[C@@H](c4ccccn4)NC(=S)N3c3ccc(OC4CCCC4)cc3)c2C)cc1. The Morgan fingerprint density at radius 3 is 2.26 bits per heavy atom. The molecule has 2 aromatic carbocycles. The van der Waals surface area contributed by atoms with Crippen LogP contribution < -0.4 is 19.9 Å². The Hall–Kier alpha value is -3.84. The highest BCUT2D eigenvalue weighted by molar-refractivity contribution is 7.80. The molecule has 1 saturated heterocycles. The Morgan fingerprint density at radius 1 is 0.929 bits per heavy atom. The minimum absolute atomic E-state index is 0.0658. The van der Waals surface area contributed by atoms with Gasteiger partial charge in [-0.3, -0.25) is 4.98 Å². The average molecular weight is 580 g/mol. The quantitative estimate of drug-likeness (QED) is 0.204. The van der Waals surface area contributed by atoms with E-state index in [1.807, 2.05) is 18.3 Å².